The van der Waals surface area contributed by atoms with Crippen molar-refractivity contribution in [2.24, 2.45) is 5.73 Å². The predicted molar refractivity (Wildman–Crippen MR) is 90.5 cm³/mol. The zero-order valence-corrected chi connectivity index (χ0v) is 13.4. The molecule has 0 spiro atoms. The molecule has 0 unspecified atom stereocenters. The summed E-state index contributed by atoms with van der Waals surface area (Å²) in [4.78, 5) is 12.0. The third-order valence-corrected chi connectivity index (χ3v) is 4.20. The lowest BCUT2D eigenvalue weighted by atomic mass is 9.88. The average molecular weight is 349 g/mol. The number of nitrogens with one attached hydrogen (secondary N) is 2. The molecule has 2 aromatic carbocycles. The molecule has 0 aromatic heterocycles. The van der Waals surface area contributed by atoms with Crippen molar-refractivity contribution in [1.29, 1.82) is 0 Å². The molecule has 2 aromatic rings. The van der Waals surface area contributed by atoms with Crippen LogP contribution in [0.5, 0.6) is 0 Å². The molecule has 25 heavy (non-hydrogen) atoms. The van der Waals surface area contributed by atoms with E-state index in [-0.39, 0.29) is 11.7 Å². The van der Waals surface area contributed by atoms with E-state index in [0.717, 1.165) is 37.0 Å². The van der Waals surface area contributed by atoms with Crippen molar-refractivity contribution in [2.45, 2.75) is 31.5 Å². The highest BCUT2D eigenvalue weighted by Crippen LogP contribution is 2.30. The second kappa shape index (κ2) is 6.76. The van der Waals surface area contributed by atoms with Gasteiger partial charge in [-0.15, -0.1) is 0 Å². The van der Waals surface area contributed by atoms with Gasteiger partial charge in [-0.3, -0.25) is 0 Å². The molecule has 0 radical (unpaired) electrons. The van der Waals surface area contributed by atoms with Gasteiger partial charge < -0.3 is 16.4 Å². The molecule has 1 aliphatic carbocycles. The van der Waals surface area contributed by atoms with Crippen molar-refractivity contribution in [3.63, 3.8) is 0 Å². The summed E-state index contributed by atoms with van der Waals surface area (Å²) in [7, 11) is 0. The second-order valence-corrected chi connectivity index (χ2v) is 6.14. The third kappa shape index (κ3) is 4.30. The van der Waals surface area contributed by atoms with Gasteiger partial charge in [0.15, 0.2) is 0 Å². The van der Waals surface area contributed by atoms with Crippen LogP contribution in [0.15, 0.2) is 42.5 Å². The van der Waals surface area contributed by atoms with Crippen LogP contribution in [0.1, 0.15) is 23.1 Å². The van der Waals surface area contributed by atoms with Crippen LogP contribution in [-0.4, -0.2) is 12.1 Å². The van der Waals surface area contributed by atoms with Crippen molar-refractivity contribution in [3.05, 3.63) is 59.2 Å². The van der Waals surface area contributed by atoms with Crippen molar-refractivity contribution in [2.75, 3.05) is 10.6 Å². The molecule has 4 nitrogen and oxygen atoms in total. The molecule has 0 saturated heterocycles. The van der Waals surface area contributed by atoms with Crippen LogP contribution in [0.3, 0.4) is 0 Å². The number of anilines is 2. The molecule has 7 heteroatoms. The summed E-state index contributed by atoms with van der Waals surface area (Å²) < 4.78 is 37.6. The van der Waals surface area contributed by atoms with Crippen LogP contribution in [-0.2, 0) is 19.0 Å². The first-order valence-corrected chi connectivity index (χ1v) is 7.94. The first-order chi connectivity index (χ1) is 11.8. The molecular weight excluding hydrogens is 331 g/mol. The van der Waals surface area contributed by atoms with Gasteiger partial charge in [0.25, 0.3) is 0 Å². The fourth-order valence-corrected chi connectivity index (χ4v) is 2.90. The molecule has 0 aliphatic heterocycles. The molecule has 4 N–H and O–H groups in total. The first kappa shape index (κ1) is 17.3. The molecule has 1 atom stereocenters. The van der Waals surface area contributed by atoms with E-state index in [1.54, 1.807) is 6.07 Å². The predicted octanol–water partition coefficient (Wildman–Crippen LogP) is 4.17. The van der Waals surface area contributed by atoms with Gasteiger partial charge in [0.1, 0.15) is 0 Å². The lowest BCUT2D eigenvalue weighted by Crippen LogP contribution is -2.28. The highest BCUT2D eigenvalue weighted by Gasteiger charge is 2.30. The zero-order valence-electron chi connectivity index (χ0n) is 13.4. The van der Waals surface area contributed by atoms with Gasteiger partial charge in [0, 0.05) is 17.4 Å². The van der Waals surface area contributed by atoms with Gasteiger partial charge in [-0.2, -0.15) is 13.2 Å². The SMILES string of the molecule is N[C@H]1CCc2cc(NC(=O)Nc3ccc(C(F)(F)F)cc3)ccc2C1. The van der Waals surface area contributed by atoms with E-state index in [4.69, 9.17) is 5.73 Å². The van der Waals surface area contributed by atoms with Crippen LogP contribution in [0, 0.1) is 0 Å². The Hall–Kier alpha value is -2.54. The summed E-state index contributed by atoms with van der Waals surface area (Å²) in [6.45, 7) is 0. The van der Waals surface area contributed by atoms with Crippen molar-refractivity contribution >= 4 is 17.4 Å². The van der Waals surface area contributed by atoms with E-state index in [9.17, 15) is 18.0 Å². The summed E-state index contributed by atoms with van der Waals surface area (Å²) >= 11 is 0. The quantitative estimate of drug-likeness (QED) is 0.762. The number of nitrogens with two attached hydrogens (primary N) is 1. The molecule has 2 amide bonds. The maximum absolute atomic E-state index is 12.5. The van der Waals surface area contributed by atoms with Crippen molar-refractivity contribution in [1.82, 2.24) is 0 Å². The van der Waals surface area contributed by atoms with E-state index in [0.29, 0.717) is 5.69 Å². The fourth-order valence-electron chi connectivity index (χ4n) is 2.90. The Morgan fingerprint density at radius 2 is 1.64 bits per heavy atom. The van der Waals surface area contributed by atoms with Gasteiger partial charge in [-0.1, -0.05) is 6.07 Å². The smallest absolute Gasteiger partial charge is 0.327 e. The Morgan fingerprint density at radius 3 is 2.32 bits per heavy atom. The average Bonchev–Trinajstić information content (AvgIpc) is 2.54. The Labute approximate surface area is 143 Å². The zero-order chi connectivity index (χ0) is 18.0. The Kier molecular flexibility index (Phi) is 4.67. The molecule has 132 valence electrons. The van der Waals surface area contributed by atoms with Gasteiger partial charge in [0.2, 0.25) is 0 Å². The van der Waals surface area contributed by atoms with Crippen molar-refractivity contribution in [3.8, 4) is 0 Å². The van der Waals surface area contributed by atoms with Crippen LogP contribution < -0.4 is 16.4 Å². The van der Waals surface area contributed by atoms with E-state index >= 15 is 0 Å². The van der Waals surface area contributed by atoms with Crippen molar-refractivity contribution < 1.29 is 18.0 Å². The standard InChI is InChI=1S/C18H18F3N3O/c19-18(20,21)13-3-7-15(8-4-13)23-17(25)24-16-6-2-11-9-14(22)5-1-12(11)10-16/h2-4,6-8,10,14H,1,5,9,22H2,(H2,23,24,25)/t14-/m0/s1. The molecule has 0 bridgehead atoms. The number of carbonyl (C=O) groups is 1. The number of carbonyl (C=O) groups excluding carboxylic acids is 1. The molecule has 0 saturated carbocycles. The molecule has 3 rings (SSSR count). The first-order valence-electron chi connectivity index (χ1n) is 7.94. The number of urea groups is 1. The summed E-state index contributed by atoms with van der Waals surface area (Å²) in [6.07, 6.45) is -1.79. The number of aryl methyl sites for hydroxylation is 1. The van der Waals surface area contributed by atoms with Crippen LogP contribution in [0.25, 0.3) is 0 Å². The second-order valence-electron chi connectivity index (χ2n) is 6.14. The molecule has 1 aliphatic rings. The minimum absolute atomic E-state index is 0.175. The van der Waals surface area contributed by atoms with Gasteiger partial charge >= 0.3 is 12.2 Å². The molecule has 0 fully saturated rings. The lowest BCUT2D eigenvalue weighted by molar-refractivity contribution is -0.137. The summed E-state index contributed by atoms with van der Waals surface area (Å²) in [5.74, 6) is 0. The normalized spacial score (nSPS) is 16.9. The maximum Gasteiger partial charge on any atom is 0.416 e. The molecule has 0 heterocycles. The summed E-state index contributed by atoms with van der Waals surface area (Å²) in [5, 5.41) is 5.21. The monoisotopic (exact) mass is 349 g/mol. The number of rotatable bonds is 2. The minimum atomic E-state index is -4.40. The van der Waals surface area contributed by atoms with Gasteiger partial charge in [-0.05, 0) is 66.8 Å². The number of benzene rings is 2. The maximum atomic E-state index is 12.5. The number of hydrogen-bond donors (Lipinski definition) is 3. The van der Waals surface area contributed by atoms with E-state index in [1.165, 1.54) is 17.7 Å². The van der Waals surface area contributed by atoms with E-state index in [1.807, 2.05) is 12.1 Å². The number of alkyl halides is 3. The number of fused-ring (bicyclic) bond motifs is 1. The summed E-state index contributed by atoms with van der Waals surface area (Å²) in [6, 6.07) is 9.61. The highest BCUT2D eigenvalue weighted by molar-refractivity contribution is 5.99. The third-order valence-electron chi connectivity index (χ3n) is 4.20. The minimum Gasteiger partial charge on any atom is -0.327 e. The number of amides is 2. The van der Waals surface area contributed by atoms with Crippen LogP contribution in [0.4, 0.5) is 29.3 Å². The lowest BCUT2D eigenvalue weighted by Gasteiger charge is -2.22. The largest absolute Gasteiger partial charge is 0.416 e. The van der Waals surface area contributed by atoms with E-state index in [2.05, 4.69) is 10.6 Å². The topological polar surface area (TPSA) is 67.1 Å². The van der Waals surface area contributed by atoms with Crippen LogP contribution in [0.2, 0.25) is 0 Å². The summed E-state index contributed by atoms with van der Waals surface area (Å²) in [5.41, 5.74) is 8.46. The Bertz CT molecular complexity index is 772. The van der Waals surface area contributed by atoms with Gasteiger partial charge in [0.05, 0.1) is 5.56 Å². The fraction of sp³-hybridized carbons (Fsp3) is 0.278. The Morgan fingerprint density at radius 1 is 1.00 bits per heavy atom. The Balaban J connectivity index is 1.63. The van der Waals surface area contributed by atoms with E-state index < -0.39 is 17.8 Å². The number of halogens is 3. The van der Waals surface area contributed by atoms with Crippen LogP contribution >= 0.6 is 0 Å². The number of hydrogen-bond acceptors (Lipinski definition) is 2. The van der Waals surface area contributed by atoms with Gasteiger partial charge in [-0.25, -0.2) is 4.79 Å². The molecular formula is C18H18F3N3O. The highest BCUT2D eigenvalue weighted by atomic mass is 19.4.